The zero-order chi connectivity index (χ0) is 23.1. The van der Waals surface area contributed by atoms with E-state index in [1.54, 1.807) is 12.2 Å². The fourth-order valence-electron chi connectivity index (χ4n) is 2.92. The van der Waals surface area contributed by atoms with Crippen LogP contribution >= 0.6 is 0 Å². The molecule has 0 bridgehead atoms. The molecule has 32 heavy (non-hydrogen) atoms. The van der Waals surface area contributed by atoms with Crippen LogP contribution in [0, 0.1) is 0 Å². The number of allylic oxidation sites excluding steroid dienone is 2. The zero-order valence-corrected chi connectivity index (χ0v) is 17.6. The number of methoxy groups -OCH3 is 2. The van der Waals surface area contributed by atoms with Crippen molar-refractivity contribution in [3.63, 3.8) is 0 Å². The molecular weight excluding hydrogens is 408 g/mol. The molecule has 3 aromatic carbocycles. The minimum Gasteiger partial charge on any atom is -0.504 e. The third kappa shape index (κ3) is 5.43. The highest BCUT2D eigenvalue weighted by atomic mass is 16.5. The van der Waals surface area contributed by atoms with Gasteiger partial charge in [-0.1, -0.05) is 36.4 Å². The molecule has 6 nitrogen and oxygen atoms in total. The van der Waals surface area contributed by atoms with Gasteiger partial charge < -0.3 is 19.7 Å². The Balaban J connectivity index is 1.66. The molecule has 0 saturated carbocycles. The Morgan fingerprint density at radius 1 is 0.656 bits per heavy atom. The molecule has 162 valence electrons. The standard InChI is InChI=1S/C26H22O6/c1-31-25-15-19(9-13-23(25)29)21(27)11-7-17-3-5-18(6-4-17)8-12-22(28)20-10-14-24(30)26(16-20)32-2/h3-16,29-30H,1-2H3/b11-7+,12-8+. The summed E-state index contributed by atoms with van der Waals surface area (Å²) < 4.78 is 10.0. The Hall–Kier alpha value is -4.32. The minimum atomic E-state index is -0.220. The molecule has 0 spiro atoms. The number of phenols is 2. The lowest BCUT2D eigenvalue weighted by Gasteiger charge is -2.04. The van der Waals surface area contributed by atoms with Crippen LogP contribution in [0.4, 0.5) is 0 Å². The van der Waals surface area contributed by atoms with Crippen molar-refractivity contribution in [3.05, 3.63) is 95.1 Å². The summed E-state index contributed by atoms with van der Waals surface area (Å²) in [6.07, 6.45) is 6.25. The third-order valence-electron chi connectivity index (χ3n) is 4.72. The Kier molecular flexibility index (Phi) is 7.08. The quantitative estimate of drug-likeness (QED) is 0.390. The number of ketones is 2. The monoisotopic (exact) mass is 430 g/mol. The second-order valence-corrected chi connectivity index (χ2v) is 6.84. The van der Waals surface area contributed by atoms with Crippen LogP contribution in [-0.2, 0) is 0 Å². The van der Waals surface area contributed by atoms with E-state index in [0.29, 0.717) is 11.1 Å². The summed E-state index contributed by atoms with van der Waals surface area (Å²) in [5.41, 5.74) is 2.44. The Morgan fingerprint density at radius 2 is 1.03 bits per heavy atom. The molecule has 3 aromatic rings. The maximum absolute atomic E-state index is 12.3. The number of ether oxygens (including phenoxy) is 2. The summed E-state index contributed by atoms with van der Waals surface area (Å²) in [4.78, 5) is 24.7. The van der Waals surface area contributed by atoms with Crippen LogP contribution in [-0.4, -0.2) is 36.0 Å². The first-order valence-corrected chi connectivity index (χ1v) is 9.70. The van der Waals surface area contributed by atoms with Gasteiger partial charge in [0.05, 0.1) is 14.2 Å². The van der Waals surface area contributed by atoms with Gasteiger partial charge in [-0.3, -0.25) is 9.59 Å². The van der Waals surface area contributed by atoms with Crippen molar-refractivity contribution < 1.29 is 29.3 Å². The Morgan fingerprint density at radius 3 is 1.38 bits per heavy atom. The Labute approximate surface area is 185 Å². The molecule has 0 radical (unpaired) electrons. The van der Waals surface area contributed by atoms with Crippen LogP contribution in [0.15, 0.2) is 72.8 Å². The van der Waals surface area contributed by atoms with Gasteiger partial charge in [0.15, 0.2) is 34.6 Å². The number of hydrogen-bond acceptors (Lipinski definition) is 6. The van der Waals surface area contributed by atoms with E-state index in [-0.39, 0.29) is 34.6 Å². The molecule has 0 amide bonds. The van der Waals surface area contributed by atoms with E-state index in [9.17, 15) is 19.8 Å². The van der Waals surface area contributed by atoms with Crippen molar-refractivity contribution >= 4 is 23.7 Å². The van der Waals surface area contributed by atoms with E-state index >= 15 is 0 Å². The topological polar surface area (TPSA) is 93.1 Å². The van der Waals surface area contributed by atoms with Crippen LogP contribution < -0.4 is 9.47 Å². The van der Waals surface area contributed by atoms with E-state index in [4.69, 9.17) is 9.47 Å². The SMILES string of the molecule is COc1cc(C(=O)/C=C/c2ccc(/C=C/C(=O)c3ccc(O)c(OC)c3)cc2)ccc1O. The second kappa shape index (κ2) is 10.1. The third-order valence-corrected chi connectivity index (χ3v) is 4.72. The molecule has 0 aliphatic heterocycles. The average molecular weight is 430 g/mol. The number of carbonyl (C=O) groups excluding carboxylic acids is 2. The van der Waals surface area contributed by atoms with Crippen LogP contribution in [0.3, 0.4) is 0 Å². The number of benzene rings is 3. The largest absolute Gasteiger partial charge is 0.504 e. The first-order valence-electron chi connectivity index (χ1n) is 9.70. The minimum absolute atomic E-state index is 0.0281. The van der Waals surface area contributed by atoms with Gasteiger partial charge in [0, 0.05) is 11.1 Å². The molecule has 6 heteroatoms. The predicted molar refractivity (Wildman–Crippen MR) is 122 cm³/mol. The molecule has 0 atom stereocenters. The van der Waals surface area contributed by atoms with E-state index in [1.165, 1.54) is 62.8 Å². The smallest absolute Gasteiger partial charge is 0.185 e. The predicted octanol–water partition coefficient (Wildman–Crippen LogP) is 4.91. The van der Waals surface area contributed by atoms with Gasteiger partial charge in [-0.05, 0) is 59.7 Å². The van der Waals surface area contributed by atoms with Gasteiger partial charge in [-0.2, -0.15) is 0 Å². The van der Waals surface area contributed by atoms with Crippen molar-refractivity contribution in [2.75, 3.05) is 14.2 Å². The van der Waals surface area contributed by atoms with Crippen LogP contribution in [0.25, 0.3) is 12.2 Å². The molecule has 0 heterocycles. The van der Waals surface area contributed by atoms with E-state index in [2.05, 4.69) is 0 Å². The molecule has 2 N–H and O–H groups in total. The fourth-order valence-corrected chi connectivity index (χ4v) is 2.92. The number of phenolic OH excluding ortho intramolecular Hbond substituents is 2. The van der Waals surface area contributed by atoms with Gasteiger partial charge in [-0.25, -0.2) is 0 Å². The highest BCUT2D eigenvalue weighted by Gasteiger charge is 2.08. The van der Waals surface area contributed by atoms with Crippen molar-refractivity contribution in [1.29, 1.82) is 0 Å². The summed E-state index contributed by atoms with van der Waals surface area (Å²) >= 11 is 0. The normalized spacial score (nSPS) is 11.1. The number of carbonyl (C=O) groups is 2. The van der Waals surface area contributed by atoms with Crippen molar-refractivity contribution in [3.8, 4) is 23.0 Å². The average Bonchev–Trinajstić information content (AvgIpc) is 2.82. The molecule has 0 fully saturated rings. The molecule has 3 rings (SSSR count). The molecule has 0 unspecified atom stereocenters. The van der Waals surface area contributed by atoms with E-state index in [1.807, 2.05) is 24.3 Å². The number of aromatic hydroxyl groups is 2. The van der Waals surface area contributed by atoms with Gasteiger partial charge in [-0.15, -0.1) is 0 Å². The molecule has 0 aliphatic carbocycles. The molecule has 0 aromatic heterocycles. The lowest BCUT2D eigenvalue weighted by atomic mass is 10.1. The Bertz CT molecular complexity index is 1090. The van der Waals surface area contributed by atoms with Gasteiger partial charge >= 0.3 is 0 Å². The highest BCUT2D eigenvalue weighted by molar-refractivity contribution is 6.08. The summed E-state index contributed by atoms with van der Waals surface area (Å²) in [7, 11) is 2.84. The maximum atomic E-state index is 12.3. The zero-order valence-electron chi connectivity index (χ0n) is 17.6. The maximum Gasteiger partial charge on any atom is 0.185 e. The fraction of sp³-hybridized carbons (Fsp3) is 0.0769. The number of hydrogen-bond donors (Lipinski definition) is 2. The van der Waals surface area contributed by atoms with Gasteiger partial charge in [0.25, 0.3) is 0 Å². The van der Waals surface area contributed by atoms with Gasteiger partial charge in [0.2, 0.25) is 0 Å². The van der Waals surface area contributed by atoms with E-state index in [0.717, 1.165) is 11.1 Å². The van der Waals surface area contributed by atoms with Crippen LogP contribution in [0.1, 0.15) is 31.8 Å². The van der Waals surface area contributed by atoms with Crippen LogP contribution in [0.2, 0.25) is 0 Å². The van der Waals surface area contributed by atoms with E-state index < -0.39 is 0 Å². The number of rotatable bonds is 8. The molecular formula is C26H22O6. The van der Waals surface area contributed by atoms with Crippen molar-refractivity contribution in [2.45, 2.75) is 0 Å². The van der Waals surface area contributed by atoms with Crippen LogP contribution in [0.5, 0.6) is 23.0 Å². The van der Waals surface area contributed by atoms with Crippen molar-refractivity contribution in [2.24, 2.45) is 0 Å². The first kappa shape index (κ1) is 22.4. The lowest BCUT2D eigenvalue weighted by Crippen LogP contribution is -1.95. The van der Waals surface area contributed by atoms with Gasteiger partial charge in [0.1, 0.15) is 0 Å². The summed E-state index contributed by atoms with van der Waals surface area (Å²) in [6.45, 7) is 0. The second-order valence-electron chi connectivity index (χ2n) is 6.84. The highest BCUT2D eigenvalue weighted by Crippen LogP contribution is 2.27. The lowest BCUT2D eigenvalue weighted by molar-refractivity contribution is 0.103. The summed E-state index contributed by atoms with van der Waals surface area (Å²) in [5.74, 6) is -0.0230. The molecule has 0 aliphatic rings. The molecule has 0 saturated heterocycles. The summed E-state index contributed by atoms with van der Waals surface area (Å²) in [6, 6.07) is 16.2. The van der Waals surface area contributed by atoms with Crippen molar-refractivity contribution in [1.82, 2.24) is 0 Å². The first-order chi connectivity index (χ1) is 15.4. The summed E-state index contributed by atoms with van der Waals surface area (Å²) in [5, 5.41) is 19.3.